The number of nitrogens with one attached hydrogen (secondary N) is 1. The molecule has 0 saturated heterocycles. The number of H-pyrrole nitrogens is 1. The van der Waals surface area contributed by atoms with Crippen LogP contribution < -0.4 is 4.74 Å². The molecule has 22 heavy (non-hydrogen) atoms. The fraction of sp³-hybridized carbons (Fsp3) is 0.0556. The minimum absolute atomic E-state index is 0.719. The summed E-state index contributed by atoms with van der Waals surface area (Å²) < 4.78 is 5.22. The monoisotopic (exact) mass is 308 g/mol. The van der Waals surface area contributed by atoms with Crippen LogP contribution in [-0.2, 0) is 0 Å². The van der Waals surface area contributed by atoms with Crippen LogP contribution in [0.25, 0.3) is 32.9 Å². The third kappa shape index (κ3) is 2.02. The summed E-state index contributed by atoms with van der Waals surface area (Å²) in [5, 5.41) is 2.95. The Morgan fingerprint density at radius 1 is 1.05 bits per heavy atom. The van der Waals surface area contributed by atoms with Gasteiger partial charge in [0.2, 0.25) is 0 Å². The predicted octanol–water partition coefficient (Wildman–Crippen LogP) is 5.05. The number of nitrogens with zero attached hydrogens (tertiary/aromatic N) is 1. The molecular weight excluding hydrogens is 296 g/mol. The van der Waals surface area contributed by atoms with Crippen molar-refractivity contribution in [3.63, 3.8) is 0 Å². The van der Waals surface area contributed by atoms with Crippen molar-refractivity contribution in [1.82, 2.24) is 9.97 Å². The van der Waals surface area contributed by atoms with Crippen molar-refractivity contribution in [3.8, 4) is 16.9 Å². The van der Waals surface area contributed by atoms with E-state index < -0.39 is 0 Å². The number of aromatic nitrogens is 2. The van der Waals surface area contributed by atoms with Crippen LogP contribution in [0.1, 0.15) is 0 Å². The van der Waals surface area contributed by atoms with Crippen LogP contribution in [0.3, 0.4) is 0 Å². The maximum absolute atomic E-state index is 6.34. The average Bonchev–Trinajstić information content (AvgIpc) is 2.93. The van der Waals surface area contributed by atoms with E-state index in [4.69, 9.17) is 16.3 Å². The van der Waals surface area contributed by atoms with E-state index >= 15 is 0 Å². The first-order chi connectivity index (χ1) is 10.8. The molecule has 0 aliphatic rings. The second kappa shape index (κ2) is 5.04. The van der Waals surface area contributed by atoms with Gasteiger partial charge in [-0.3, -0.25) is 4.98 Å². The fourth-order valence-corrected chi connectivity index (χ4v) is 3.03. The van der Waals surface area contributed by atoms with E-state index in [1.54, 1.807) is 13.3 Å². The largest absolute Gasteiger partial charge is 0.497 e. The van der Waals surface area contributed by atoms with Crippen LogP contribution >= 0.6 is 11.6 Å². The van der Waals surface area contributed by atoms with Crippen LogP contribution in [0.5, 0.6) is 5.75 Å². The molecule has 1 N–H and O–H groups in total. The number of rotatable bonds is 2. The molecule has 0 amide bonds. The molecule has 2 aromatic carbocycles. The summed E-state index contributed by atoms with van der Waals surface area (Å²) in [6.45, 7) is 0. The highest BCUT2D eigenvalue weighted by Gasteiger charge is 2.11. The molecule has 4 heteroatoms. The number of fused-ring (bicyclic) bond motifs is 3. The van der Waals surface area contributed by atoms with Crippen molar-refractivity contribution >= 4 is 33.4 Å². The number of benzene rings is 2. The van der Waals surface area contributed by atoms with Gasteiger partial charge in [0, 0.05) is 27.6 Å². The van der Waals surface area contributed by atoms with E-state index in [0.717, 1.165) is 43.7 Å². The van der Waals surface area contributed by atoms with Gasteiger partial charge < -0.3 is 9.72 Å². The molecule has 2 heterocycles. The quantitative estimate of drug-likeness (QED) is 0.563. The lowest BCUT2D eigenvalue weighted by Crippen LogP contribution is -1.84. The lowest BCUT2D eigenvalue weighted by molar-refractivity contribution is 0.415. The lowest BCUT2D eigenvalue weighted by Gasteiger charge is -2.06. The summed E-state index contributed by atoms with van der Waals surface area (Å²) in [6, 6.07) is 13.9. The van der Waals surface area contributed by atoms with Crippen LogP contribution in [0.4, 0.5) is 0 Å². The molecule has 2 aromatic heterocycles. The minimum atomic E-state index is 0.719. The third-order valence-corrected chi connectivity index (χ3v) is 4.09. The zero-order valence-electron chi connectivity index (χ0n) is 11.9. The van der Waals surface area contributed by atoms with E-state index in [0.29, 0.717) is 0 Å². The van der Waals surface area contributed by atoms with E-state index in [2.05, 4.69) is 9.97 Å². The predicted molar refractivity (Wildman–Crippen MR) is 90.6 cm³/mol. The fourth-order valence-electron chi connectivity index (χ4n) is 2.82. The Bertz CT molecular complexity index is 974. The van der Waals surface area contributed by atoms with Crippen LogP contribution in [-0.4, -0.2) is 17.1 Å². The van der Waals surface area contributed by atoms with Gasteiger partial charge in [0.15, 0.2) is 0 Å². The first-order valence-corrected chi connectivity index (χ1v) is 7.33. The highest BCUT2D eigenvalue weighted by Crippen LogP contribution is 2.36. The van der Waals surface area contributed by atoms with Crippen LogP contribution in [0, 0.1) is 0 Å². The van der Waals surface area contributed by atoms with Gasteiger partial charge in [-0.15, -0.1) is 0 Å². The standard InChI is InChI=1S/C18H13ClN2O/c1-22-13-4-2-11(3-5-13)15-8-12(19)9-16-14-6-7-20-10-17(14)21-18(15)16/h2-10,21H,1H3. The molecule has 0 atom stereocenters. The molecular formula is C18H13ClN2O. The number of aromatic amines is 1. The maximum atomic E-state index is 6.34. The molecule has 3 nitrogen and oxygen atoms in total. The van der Waals surface area contributed by atoms with Gasteiger partial charge in [0.25, 0.3) is 0 Å². The van der Waals surface area contributed by atoms with Gasteiger partial charge in [0.1, 0.15) is 5.75 Å². The van der Waals surface area contributed by atoms with Crippen LogP contribution in [0.15, 0.2) is 54.9 Å². The number of hydrogen-bond acceptors (Lipinski definition) is 2. The second-order valence-corrected chi connectivity index (χ2v) is 5.59. The summed E-state index contributed by atoms with van der Waals surface area (Å²) in [5.74, 6) is 0.836. The summed E-state index contributed by atoms with van der Waals surface area (Å²) in [6.07, 6.45) is 3.63. The van der Waals surface area contributed by atoms with Gasteiger partial charge in [-0.1, -0.05) is 23.7 Å². The number of pyridine rings is 1. The van der Waals surface area contributed by atoms with Gasteiger partial charge in [-0.2, -0.15) is 0 Å². The summed E-state index contributed by atoms with van der Waals surface area (Å²) in [5.41, 5.74) is 4.24. The van der Waals surface area contributed by atoms with Gasteiger partial charge >= 0.3 is 0 Å². The highest BCUT2D eigenvalue weighted by atomic mass is 35.5. The van der Waals surface area contributed by atoms with Gasteiger partial charge in [-0.05, 0) is 35.9 Å². The molecule has 0 fully saturated rings. The average molecular weight is 309 g/mol. The second-order valence-electron chi connectivity index (χ2n) is 5.15. The molecule has 0 aliphatic carbocycles. The molecule has 0 radical (unpaired) electrons. The lowest BCUT2D eigenvalue weighted by atomic mass is 10.0. The van der Waals surface area contributed by atoms with E-state index in [1.807, 2.05) is 48.7 Å². The van der Waals surface area contributed by atoms with Crippen molar-refractivity contribution in [2.45, 2.75) is 0 Å². The summed E-state index contributed by atoms with van der Waals surface area (Å²) >= 11 is 6.34. The molecule has 4 rings (SSSR count). The van der Waals surface area contributed by atoms with Crippen LogP contribution in [0.2, 0.25) is 5.02 Å². The molecule has 0 bridgehead atoms. The Morgan fingerprint density at radius 3 is 2.64 bits per heavy atom. The number of ether oxygens (including phenoxy) is 1. The van der Waals surface area contributed by atoms with Crippen molar-refractivity contribution in [2.24, 2.45) is 0 Å². The Kier molecular flexibility index (Phi) is 3.01. The molecule has 0 saturated carbocycles. The highest BCUT2D eigenvalue weighted by molar-refractivity contribution is 6.32. The zero-order chi connectivity index (χ0) is 15.1. The van der Waals surface area contributed by atoms with Crippen molar-refractivity contribution in [1.29, 1.82) is 0 Å². The van der Waals surface area contributed by atoms with Crippen molar-refractivity contribution in [3.05, 3.63) is 59.9 Å². The molecule has 108 valence electrons. The smallest absolute Gasteiger partial charge is 0.118 e. The minimum Gasteiger partial charge on any atom is -0.497 e. The molecule has 4 aromatic rings. The Balaban J connectivity index is 2.03. The van der Waals surface area contributed by atoms with E-state index in [1.165, 1.54) is 0 Å². The van der Waals surface area contributed by atoms with E-state index in [-0.39, 0.29) is 0 Å². The van der Waals surface area contributed by atoms with Crippen molar-refractivity contribution < 1.29 is 4.74 Å². The molecule has 0 unspecified atom stereocenters. The Labute approximate surface area is 132 Å². The normalized spacial score (nSPS) is 11.2. The Morgan fingerprint density at radius 2 is 1.86 bits per heavy atom. The molecule has 0 spiro atoms. The number of methoxy groups -OCH3 is 1. The van der Waals surface area contributed by atoms with Gasteiger partial charge in [0.05, 0.1) is 24.3 Å². The zero-order valence-corrected chi connectivity index (χ0v) is 12.7. The first-order valence-electron chi connectivity index (χ1n) is 6.95. The maximum Gasteiger partial charge on any atom is 0.118 e. The number of halogens is 1. The third-order valence-electron chi connectivity index (χ3n) is 3.88. The van der Waals surface area contributed by atoms with E-state index in [9.17, 15) is 0 Å². The van der Waals surface area contributed by atoms with Gasteiger partial charge in [-0.25, -0.2) is 0 Å². The Hall–Kier alpha value is -2.52. The van der Waals surface area contributed by atoms with Crippen molar-refractivity contribution in [2.75, 3.05) is 7.11 Å². The SMILES string of the molecule is COc1ccc(-c2cc(Cl)cc3c2[nH]c2cnccc23)cc1. The number of hydrogen-bond donors (Lipinski definition) is 1. The summed E-state index contributed by atoms with van der Waals surface area (Å²) in [7, 11) is 1.66. The topological polar surface area (TPSA) is 37.9 Å². The first kappa shape index (κ1) is 13.2. The summed E-state index contributed by atoms with van der Waals surface area (Å²) in [4.78, 5) is 7.62. The molecule has 0 aliphatic heterocycles.